The van der Waals surface area contributed by atoms with Crippen molar-refractivity contribution >= 4 is 5.78 Å². The predicted molar refractivity (Wildman–Crippen MR) is 63.0 cm³/mol. The number of nitrogens with zero attached hydrogens (tertiary/aromatic N) is 3. The Kier molecular flexibility index (Phi) is 2.37. The monoisotopic (exact) mass is 251 g/mol. The van der Waals surface area contributed by atoms with Gasteiger partial charge in [-0.25, -0.2) is 0 Å². The number of rotatable bonds is 1. The normalized spacial score (nSPS) is 42.6. The molecule has 18 heavy (non-hydrogen) atoms. The molecule has 2 aliphatic heterocycles. The molecule has 98 valence electrons. The largest absolute Gasteiger partial charge is 0.371 e. The van der Waals surface area contributed by atoms with Gasteiger partial charge in [-0.15, -0.1) is 0 Å². The molecule has 3 aliphatic rings. The molecule has 1 saturated heterocycles. The Hall–Kier alpha value is -1.27. The number of ketones is 1. The number of ether oxygens (including phenoxy) is 2. The van der Waals surface area contributed by atoms with E-state index >= 15 is 0 Å². The Morgan fingerprint density at radius 2 is 2.39 bits per heavy atom. The maximum atomic E-state index is 12.3. The molecule has 0 bridgehead atoms. The first-order valence-corrected chi connectivity index (χ1v) is 6.10. The van der Waals surface area contributed by atoms with Gasteiger partial charge in [-0.05, 0) is 6.92 Å². The fourth-order valence-electron chi connectivity index (χ4n) is 3.09. The summed E-state index contributed by atoms with van der Waals surface area (Å²) in [6.07, 6.45) is 1.60. The number of azo groups is 1. The van der Waals surface area contributed by atoms with Crippen LogP contribution in [0.15, 0.2) is 22.0 Å². The summed E-state index contributed by atoms with van der Waals surface area (Å²) in [6, 6.07) is 0. The highest BCUT2D eigenvalue weighted by molar-refractivity contribution is 6.00. The lowest BCUT2D eigenvalue weighted by atomic mass is 9.72. The number of hydrogen-bond acceptors (Lipinski definition) is 6. The van der Waals surface area contributed by atoms with Crippen LogP contribution in [-0.2, 0) is 14.3 Å². The van der Waals surface area contributed by atoms with Crippen molar-refractivity contribution in [3.8, 4) is 0 Å². The molecule has 1 fully saturated rings. The SMILES string of the molecule is CO[C@]12OCCN(C)C1=CC(=O)[C@]1(C)N=NC[C@H]21. The van der Waals surface area contributed by atoms with Gasteiger partial charge in [-0.1, -0.05) is 0 Å². The Morgan fingerprint density at radius 1 is 1.61 bits per heavy atom. The van der Waals surface area contributed by atoms with E-state index in [9.17, 15) is 4.79 Å². The van der Waals surface area contributed by atoms with Gasteiger partial charge in [0.15, 0.2) is 11.3 Å². The Bertz CT molecular complexity index is 461. The zero-order chi connectivity index (χ0) is 13.0. The van der Waals surface area contributed by atoms with Crippen LogP contribution in [0.25, 0.3) is 0 Å². The van der Waals surface area contributed by atoms with Crippen LogP contribution in [0.1, 0.15) is 6.92 Å². The van der Waals surface area contributed by atoms with Crippen molar-refractivity contribution < 1.29 is 14.3 Å². The molecule has 0 radical (unpaired) electrons. The van der Waals surface area contributed by atoms with Gasteiger partial charge in [0.2, 0.25) is 5.79 Å². The summed E-state index contributed by atoms with van der Waals surface area (Å²) in [5, 5.41) is 8.18. The number of methoxy groups -OCH3 is 1. The molecule has 2 heterocycles. The number of carbonyl (C=O) groups is 1. The minimum Gasteiger partial charge on any atom is -0.371 e. The average molecular weight is 251 g/mol. The minimum atomic E-state index is -0.890. The van der Waals surface area contributed by atoms with Gasteiger partial charge >= 0.3 is 0 Å². The van der Waals surface area contributed by atoms with Crippen molar-refractivity contribution in [3.63, 3.8) is 0 Å². The van der Waals surface area contributed by atoms with Crippen LogP contribution in [0.2, 0.25) is 0 Å². The summed E-state index contributed by atoms with van der Waals surface area (Å²) in [6.45, 7) is 3.59. The standard InChI is InChI=1S/C12H17N3O3/c1-11-8(7-13-14-11)12(17-3)9(6-10(11)16)15(2)4-5-18-12/h6,8H,4-5,7H2,1-3H3/t8-,11+,12+/m0/s1. The zero-order valence-electron chi connectivity index (χ0n) is 10.8. The lowest BCUT2D eigenvalue weighted by Crippen LogP contribution is -2.63. The zero-order valence-corrected chi connectivity index (χ0v) is 10.8. The van der Waals surface area contributed by atoms with E-state index in [2.05, 4.69) is 10.2 Å². The number of morpholine rings is 1. The predicted octanol–water partition coefficient (Wildman–Crippen LogP) is 0.598. The van der Waals surface area contributed by atoms with Crippen LogP contribution in [0.4, 0.5) is 0 Å². The van der Waals surface area contributed by atoms with E-state index in [0.717, 1.165) is 12.2 Å². The van der Waals surface area contributed by atoms with E-state index in [1.807, 2.05) is 18.9 Å². The highest BCUT2D eigenvalue weighted by atomic mass is 16.7. The molecule has 3 rings (SSSR count). The maximum Gasteiger partial charge on any atom is 0.217 e. The molecule has 6 nitrogen and oxygen atoms in total. The van der Waals surface area contributed by atoms with Gasteiger partial charge in [0, 0.05) is 26.8 Å². The van der Waals surface area contributed by atoms with Crippen LogP contribution in [0.5, 0.6) is 0 Å². The van der Waals surface area contributed by atoms with Crippen molar-refractivity contribution in [2.24, 2.45) is 16.1 Å². The van der Waals surface area contributed by atoms with Gasteiger partial charge in [0.1, 0.15) is 0 Å². The molecule has 0 saturated carbocycles. The van der Waals surface area contributed by atoms with Crippen molar-refractivity contribution in [1.29, 1.82) is 0 Å². The average Bonchev–Trinajstić information content (AvgIpc) is 2.76. The first kappa shape index (κ1) is 11.8. The lowest BCUT2D eigenvalue weighted by Gasteiger charge is -2.51. The molecular formula is C12H17N3O3. The van der Waals surface area contributed by atoms with Gasteiger partial charge < -0.3 is 14.4 Å². The molecule has 0 N–H and O–H groups in total. The molecule has 0 aromatic carbocycles. The molecule has 0 unspecified atom stereocenters. The second kappa shape index (κ2) is 3.61. The Morgan fingerprint density at radius 3 is 3.11 bits per heavy atom. The molecule has 1 aliphatic carbocycles. The second-order valence-corrected chi connectivity index (χ2v) is 5.16. The smallest absolute Gasteiger partial charge is 0.217 e. The number of hydrogen-bond donors (Lipinski definition) is 0. The Balaban J connectivity index is 2.16. The van der Waals surface area contributed by atoms with Crippen LogP contribution < -0.4 is 0 Å². The van der Waals surface area contributed by atoms with E-state index in [1.165, 1.54) is 0 Å². The van der Waals surface area contributed by atoms with Crippen molar-refractivity contribution in [2.45, 2.75) is 18.2 Å². The first-order valence-electron chi connectivity index (χ1n) is 6.10. The molecule has 0 aromatic rings. The first-order chi connectivity index (χ1) is 8.54. The van der Waals surface area contributed by atoms with Gasteiger partial charge in [0.05, 0.1) is 24.8 Å². The number of likely N-dealkylation sites (N-methyl/N-ethyl adjacent to an activating group) is 1. The summed E-state index contributed by atoms with van der Waals surface area (Å²) in [7, 11) is 3.56. The molecular weight excluding hydrogens is 234 g/mol. The molecule has 3 atom stereocenters. The summed E-state index contributed by atoms with van der Waals surface area (Å²) < 4.78 is 11.6. The topological polar surface area (TPSA) is 63.5 Å². The van der Waals surface area contributed by atoms with Crippen molar-refractivity contribution in [3.05, 3.63) is 11.8 Å². The molecule has 0 spiro atoms. The van der Waals surface area contributed by atoms with Crippen molar-refractivity contribution in [2.75, 3.05) is 33.9 Å². The number of fused-ring (bicyclic) bond motifs is 3. The van der Waals surface area contributed by atoms with Crippen LogP contribution in [0.3, 0.4) is 0 Å². The fraction of sp³-hybridized carbons (Fsp3) is 0.750. The third-order valence-corrected chi connectivity index (χ3v) is 4.26. The van der Waals surface area contributed by atoms with Crippen LogP contribution in [-0.4, -0.2) is 55.9 Å². The Labute approximate surface area is 106 Å². The van der Waals surface area contributed by atoms with Gasteiger partial charge in [0.25, 0.3) is 0 Å². The van der Waals surface area contributed by atoms with E-state index < -0.39 is 11.3 Å². The quantitative estimate of drug-likeness (QED) is 0.684. The summed E-state index contributed by atoms with van der Waals surface area (Å²) in [4.78, 5) is 14.3. The van der Waals surface area contributed by atoms with Gasteiger partial charge in [-0.2, -0.15) is 10.2 Å². The van der Waals surface area contributed by atoms with Crippen LogP contribution in [0, 0.1) is 5.92 Å². The third-order valence-electron chi connectivity index (χ3n) is 4.26. The summed E-state index contributed by atoms with van der Waals surface area (Å²) >= 11 is 0. The summed E-state index contributed by atoms with van der Waals surface area (Å²) in [5.41, 5.74) is -0.0615. The number of carbonyl (C=O) groups excluding carboxylic acids is 1. The maximum absolute atomic E-state index is 12.3. The van der Waals surface area contributed by atoms with Crippen molar-refractivity contribution in [1.82, 2.24) is 4.90 Å². The minimum absolute atomic E-state index is 0.0197. The van der Waals surface area contributed by atoms with E-state index in [1.54, 1.807) is 13.2 Å². The van der Waals surface area contributed by atoms with Gasteiger partial charge in [-0.3, -0.25) is 4.79 Å². The highest BCUT2D eigenvalue weighted by Gasteiger charge is 2.62. The highest BCUT2D eigenvalue weighted by Crippen LogP contribution is 2.48. The summed E-state index contributed by atoms with van der Waals surface area (Å²) in [5.74, 6) is -1.10. The third kappa shape index (κ3) is 1.22. The molecule has 0 aromatic heterocycles. The lowest BCUT2D eigenvalue weighted by molar-refractivity contribution is -0.261. The fourth-order valence-corrected chi connectivity index (χ4v) is 3.09. The van der Waals surface area contributed by atoms with E-state index in [-0.39, 0.29) is 11.7 Å². The molecule has 6 heteroatoms. The molecule has 0 amide bonds. The van der Waals surface area contributed by atoms with Crippen LogP contribution >= 0.6 is 0 Å². The second-order valence-electron chi connectivity index (χ2n) is 5.16. The van der Waals surface area contributed by atoms with E-state index in [0.29, 0.717) is 13.2 Å². The van der Waals surface area contributed by atoms with E-state index in [4.69, 9.17) is 9.47 Å².